The van der Waals surface area contributed by atoms with Gasteiger partial charge in [0, 0.05) is 58.1 Å². The van der Waals surface area contributed by atoms with E-state index in [2.05, 4.69) is 45.4 Å². The number of benzene rings is 1. The van der Waals surface area contributed by atoms with Gasteiger partial charge in [-0.2, -0.15) is 5.10 Å². The Morgan fingerprint density at radius 2 is 2.00 bits per heavy atom. The van der Waals surface area contributed by atoms with E-state index in [0.717, 1.165) is 32.2 Å². The number of fused-ring (bicyclic) bond motifs is 1. The smallest absolute Gasteiger partial charge is 0.0589 e. The van der Waals surface area contributed by atoms with Gasteiger partial charge in [0.1, 0.15) is 0 Å². The van der Waals surface area contributed by atoms with Gasteiger partial charge in [0.05, 0.1) is 12.8 Å². The van der Waals surface area contributed by atoms with Crippen LogP contribution in [0.4, 0.5) is 0 Å². The van der Waals surface area contributed by atoms with E-state index in [-0.39, 0.29) is 0 Å². The van der Waals surface area contributed by atoms with Crippen LogP contribution in [0.3, 0.4) is 0 Å². The second-order valence-corrected chi connectivity index (χ2v) is 8.58. The summed E-state index contributed by atoms with van der Waals surface area (Å²) >= 11 is 0. The van der Waals surface area contributed by atoms with Gasteiger partial charge < -0.3 is 4.74 Å². The summed E-state index contributed by atoms with van der Waals surface area (Å²) in [5.74, 6) is 0.742. The number of methoxy groups -OCH3 is 1. The van der Waals surface area contributed by atoms with Crippen molar-refractivity contribution in [2.75, 3.05) is 39.9 Å². The predicted octanol–water partition coefficient (Wildman–Crippen LogP) is 2.75. The molecule has 28 heavy (non-hydrogen) atoms. The summed E-state index contributed by atoms with van der Waals surface area (Å²) in [6, 6.07) is 9.71. The molecule has 0 spiro atoms. The molecule has 5 nitrogen and oxygen atoms in total. The molecular weight excluding hydrogens is 348 g/mol. The SMILES string of the molecule is COCCN(Cc1cnn(C)c1)C[C@@H]1CCCN(C2Cc3ccccc3C2)C1. The maximum absolute atomic E-state index is 5.37. The average molecular weight is 383 g/mol. The molecule has 1 fully saturated rings. The molecule has 0 radical (unpaired) electrons. The van der Waals surface area contributed by atoms with Crippen LogP contribution in [0.5, 0.6) is 0 Å². The third-order valence-electron chi connectivity index (χ3n) is 6.39. The monoisotopic (exact) mass is 382 g/mol. The van der Waals surface area contributed by atoms with Crippen molar-refractivity contribution in [1.82, 2.24) is 19.6 Å². The van der Waals surface area contributed by atoms with Crippen molar-refractivity contribution in [1.29, 1.82) is 0 Å². The highest BCUT2D eigenvalue weighted by atomic mass is 16.5. The molecule has 2 aromatic rings. The summed E-state index contributed by atoms with van der Waals surface area (Å²) < 4.78 is 7.26. The van der Waals surface area contributed by atoms with Crippen LogP contribution in [0.15, 0.2) is 36.7 Å². The molecule has 2 aliphatic rings. The third kappa shape index (κ3) is 4.83. The highest BCUT2D eigenvalue weighted by Gasteiger charge is 2.31. The van der Waals surface area contributed by atoms with Gasteiger partial charge >= 0.3 is 0 Å². The second-order valence-electron chi connectivity index (χ2n) is 8.58. The fourth-order valence-electron chi connectivity index (χ4n) is 5.00. The van der Waals surface area contributed by atoms with Crippen molar-refractivity contribution in [2.45, 2.75) is 38.3 Å². The van der Waals surface area contributed by atoms with E-state index in [4.69, 9.17) is 4.74 Å². The van der Waals surface area contributed by atoms with Gasteiger partial charge in [-0.25, -0.2) is 0 Å². The summed E-state index contributed by atoms with van der Waals surface area (Å²) in [5.41, 5.74) is 4.42. The number of ether oxygens (including phenoxy) is 1. The molecule has 1 aliphatic carbocycles. The van der Waals surface area contributed by atoms with E-state index in [9.17, 15) is 0 Å². The summed E-state index contributed by atoms with van der Waals surface area (Å²) in [4.78, 5) is 5.32. The zero-order valence-corrected chi connectivity index (χ0v) is 17.4. The van der Waals surface area contributed by atoms with Crippen molar-refractivity contribution >= 4 is 0 Å². The lowest BCUT2D eigenvalue weighted by molar-refractivity contribution is 0.0843. The van der Waals surface area contributed by atoms with Crippen molar-refractivity contribution < 1.29 is 4.74 Å². The zero-order chi connectivity index (χ0) is 19.3. The molecule has 0 bridgehead atoms. The highest BCUT2D eigenvalue weighted by Crippen LogP contribution is 2.29. The van der Waals surface area contributed by atoms with Gasteiger partial charge in [-0.1, -0.05) is 24.3 Å². The molecule has 5 heteroatoms. The van der Waals surface area contributed by atoms with Crippen LogP contribution in [0, 0.1) is 5.92 Å². The molecule has 1 aliphatic heterocycles. The minimum Gasteiger partial charge on any atom is -0.383 e. The van der Waals surface area contributed by atoms with Gasteiger partial charge in [-0.3, -0.25) is 14.5 Å². The predicted molar refractivity (Wildman–Crippen MR) is 112 cm³/mol. The number of rotatable bonds is 8. The summed E-state index contributed by atoms with van der Waals surface area (Å²) in [6.45, 7) is 6.37. The van der Waals surface area contributed by atoms with Crippen molar-refractivity contribution in [3.63, 3.8) is 0 Å². The van der Waals surface area contributed by atoms with Gasteiger partial charge in [0.2, 0.25) is 0 Å². The Morgan fingerprint density at radius 3 is 2.68 bits per heavy atom. The number of nitrogens with zero attached hydrogens (tertiary/aromatic N) is 4. The maximum atomic E-state index is 5.37. The highest BCUT2D eigenvalue weighted by molar-refractivity contribution is 5.33. The molecular formula is C23H34N4O. The number of aromatic nitrogens is 2. The minimum atomic E-state index is 0.700. The second kappa shape index (κ2) is 9.21. The standard InChI is InChI=1S/C23H34N4O/c1-25-15-20(14-24-25)17-26(10-11-28-2)16-19-6-5-9-27(18-19)23-12-21-7-3-4-8-22(21)13-23/h3-4,7-8,14-15,19,23H,5-6,9-13,16-18H2,1-2H3/t19-/m0/s1. The maximum Gasteiger partial charge on any atom is 0.0589 e. The molecule has 4 rings (SSSR count). The average Bonchev–Trinajstić information content (AvgIpc) is 3.32. The molecule has 1 atom stereocenters. The first-order valence-corrected chi connectivity index (χ1v) is 10.7. The van der Waals surface area contributed by atoms with Crippen LogP contribution in [0.2, 0.25) is 0 Å². The minimum absolute atomic E-state index is 0.700. The van der Waals surface area contributed by atoms with Crippen molar-refractivity contribution in [3.05, 3.63) is 53.3 Å². The van der Waals surface area contributed by atoms with Gasteiger partial charge in [0.25, 0.3) is 0 Å². The van der Waals surface area contributed by atoms with E-state index in [1.54, 1.807) is 18.2 Å². The number of aryl methyl sites for hydroxylation is 1. The number of hydrogen-bond donors (Lipinski definition) is 0. The Hall–Kier alpha value is -1.69. The Balaban J connectivity index is 1.34. The summed E-state index contributed by atoms with van der Waals surface area (Å²) in [5, 5.41) is 4.33. The van der Waals surface area contributed by atoms with Crippen LogP contribution in [-0.4, -0.2) is 65.5 Å². The summed E-state index contributed by atoms with van der Waals surface area (Å²) in [6.07, 6.45) is 9.23. The van der Waals surface area contributed by atoms with Crippen LogP contribution < -0.4 is 0 Å². The molecule has 1 aromatic carbocycles. The normalized spacial score (nSPS) is 20.8. The van der Waals surface area contributed by atoms with E-state index in [1.165, 1.54) is 44.3 Å². The largest absolute Gasteiger partial charge is 0.383 e. The fourth-order valence-corrected chi connectivity index (χ4v) is 5.00. The zero-order valence-electron chi connectivity index (χ0n) is 17.4. The molecule has 0 N–H and O–H groups in total. The first-order valence-electron chi connectivity index (χ1n) is 10.7. The van der Waals surface area contributed by atoms with Crippen LogP contribution in [0.1, 0.15) is 29.5 Å². The molecule has 2 heterocycles. The van der Waals surface area contributed by atoms with Crippen LogP contribution in [-0.2, 0) is 31.2 Å². The molecule has 0 unspecified atom stereocenters. The Bertz CT molecular complexity index is 734. The first kappa shape index (κ1) is 19.6. The van der Waals surface area contributed by atoms with Gasteiger partial charge in [0.15, 0.2) is 0 Å². The number of piperidine rings is 1. The fraction of sp³-hybridized carbons (Fsp3) is 0.609. The topological polar surface area (TPSA) is 33.5 Å². The lowest BCUT2D eigenvalue weighted by atomic mass is 9.95. The number of hydrogen-bond acceptors (Lipinski definition) is 4. The molecule has 152 valence electrons. The van der Waals surface area contributed by atoms with Gasteiger partial charge in [-0.05, 0) is 49.3 Å². The lowest BCUT2D eigenvalue weighted by Gasteiger charge is -2.38. The number of likely N-dealkylation sites (tertiary alicyclic amines) is 1. The molecule has 1 saturated heterocycles. The van der Waals surface area contributed by atoms with Gasteiger partial charge in [-0.15, -0.1) is 0 Å². The summed E-state index contributed by atoms with van der Waals surface area (Å²) in [7, 11) is 3.78. The van der Waals surface area contributed by atoms with E-state index >= 15 is 0 Å². The Labute approximate surface area is 169 Å². The molecule has 0 saturated carbocycles. The van der Waals surface area contributed by atoms with Crippen molar-refractivity contribution in [2.24, 2.45) is 13.0 Å². The van der Waals surface area contributed by atoms with Crippen LogP contribution in [0.25, 0.3) is 0 Å². The Morgan fingerprint density at radius 1 is 1.21 bits per heavy atom. The Kier molecular flexibility index (Phi) is 6.45. The van der Waals surface area contributed by atoms with E-state index < -0.39 is 0 Å². The quantitative estimate of drug-likeness (QED) is 0.703. The first-order chi connectivity index (χ1) is 13.7. The van der Waals surface area contributed by atoms with Crippen LogP contribution >= 0.6 is 0 Å². The third-order valence-corrected chi connectivity index (χ3v) is 6.39. The van der Waals surface area contributed by atoms with Crippen molar-refractivity contribution in [3.8, 4) is 0 Å². The lowest BCUT2D eigenvalue weighted by Crippen LogP contribution is -2.46. The van der Waals surface area contributed by atoms with E-state index in [0.29, 0.717) is 6.04 Å². The molecule has 1 aromatic heterocycles. The van der Waals surface area contributed by atoms with E-state index in [1.807, 2.05) is 17.9 Å². The molecule has 0 amide bonds.